The van der Waals surface area contributed by atoms with Crippen molar-refractivity contribution in [3.05, 3.63) is 88.7 Å². The lowest BCUT2D eigenvalue weighted by Crippen LogP contribution is -2.28. The smallest absolute Gasteiger partial charge is 0.417 e. The van der Waals surface area contributed by atoms with Gasteiger partial charge in [0.25, 0.3) is 5.88 Å². The third-order valence-corrected chi connectivity index (χ3v) is 7.79. The number of carbonyl (C=O) groups is 2. The minimum Gasteiger partial charge on any atom is -0.497 e. The highest BCUT2D eigenvalue weighted by Crippen LogP contribution is 2.40. The predicted octanol–water partition coefficient (Wildman–Crippen LogP) is 8.32. The van der Waals surface area contributed by atoms with E-state index in [1.165, 1.54) is 39.1 Å². The van der Waals surface area contributed by atoms with Crippen LogP contribution in [0, 0.1) is 12.3 Å². The van der Waals surface area contributed by atoms with E-state index in [1.807, 2.05) is 31.2 Å². The zero-order valence-electron chi connectivity index (χ0n) is 28.1. The number of benzene rings is 2. The van der Waals surface area contributed by atoms with Gasteiger partial charge >= 0.3 is 18.2 Å². The molecule has 4 aromatic rings. The standard InChI is InChI=1S/C36H39F3N4O6/c1-7-27-28(14-11-23(30(27)36(37,38)39)17-35(4,5)33(44)45)42-34(46)43-31-21(3)15-24(18-40-31)25-16-29(48-8-2)32(41-19-25)49-20-22-9-12-26(47-6)13-10-22/h9-16,18-19H,7-8,17,20H2,1-6H3,(H,44,45)(H2,40,42,43,46). The number of rotatable bonds is 13. The molecule has 0 saturated heterocycles. The zero-order chi connectivity index (χ0) is 35.9. The lowest BCUT2D eigenvalue weighted by molar-refractivity contribution is -0.148. The molecule has 2 aromatic carbocycles. The number of nitrogens with zero attached hydrogens (tertiary/aromatic N) is 2. The first-order valence-corrected chi connectivity index (χ1v) is 15.6. The third-order valence-electron chi connectivity index (χ3n) is 7.79. The molecule has 0 bridgehead atoms. The Kier molecular flexibility index (Phi) is 11.4. The van der Waals surface area contributed by atoms with Crippen LogP contribution in [0.5, 0.6) is 17.4 Å². The number of hydrogen-bond donors (Lipinski definition) is 3. The summed E-state index contributed by atoms with van der Waals surface area (Å²) in [5, 5.41) is 14.6. The minimum absolute atomic E-state index is 0.0395. The predicted molar refractivity (Wildman–Crippen MR) is 179 cm³/mol. The third kappa shape index (κ3) is 8.98. The molecule has 49 heavy (non-hydrogen) atoms. The van der Waals surface area contributed by atoms with Crippen LogP contribution in [0.3, 0.4) is 0 Å². The molecule has 2 amide bonds. The van der Waals surface area contributed by atoms with E-state index >= 15 is 0 Å². The number of urea groups is 1. The molecule has 0 spiro atoms. The number of halogens is 3. The highest BCUT2D eigenvalue weighted by Gasteiger charge is 2.39. The van der Waals surface area contributed by atoms with Crippen molar-refractivity contribution in [2.24, 2.45) is 5.41 Å². The SMILES string of the molecule is CCOc1cc(-c2cnc(NC(=O)Nc3ccc(CC(C)(C)C(=O)O)c(C(F)(F)F)c3CC)c(C)c2)cnc1OCc1ccc(OC)cc1. The fraction of sp³-hybridized carbons (Fsp3) is 0.333. The van der Waals surface area contributed by atoms with E-state index < -0.39 is 29.2 Å². The van der Waals surface area contributed by atoms with E-state index in [1.54, 1.807) is 32.4 Å². The number of carboxylic acids is 1. The van der Waals surface area contributed by atoms with Crippen LogP contribution in [0.15, 0.2) is 60.9 Å². The zero-order valence-corrected chi connectivity index (χ0v) is 28.1. The second kappa shape index (κ2) is 15.3. The molecular formula is C36H39F3N4O6. The molecule has 0 fully saturated rings. The average Bonchev–Trinajstić information content (AvgIpc) is 3.05. The van der Waals surface area contributed by atoms with E-state index in [-0.39, 0.29) is 42.1 Å². The van der Waals surface area contributed by atoms with Gasteiger partial charge in [0.1, 0.15) is 18.2 Å². The minimum atomic E-state index is -4.77. The van der Waals surface area contributed by atoms with Gasteiger partial charge in [-0.15, -0.1) is 0 Å². The van der Waals surface area contributed by atoms with Crippen molar-refractivity contribution in [1.82, 2.24) is 9.97 Å². The molecule has 2 heterocycles. The van der Waals surface area contributed by atoms with Crippen LogP contribution in [0.25, 0.3) is 11.1 Å². The average molecular weight is 681 g/mol. The molecular weight excluding hydrogens is 641 g/mol. The van der Waals surface area contributed by atoms with E-state index in [0.717, 1.165) is 11.3 Å². The number of alkyl halides is 3. The molecule has 4 rings (SSSR count). The maximum absolute atomic E-state index is 14.3. The Morgan fingerprint density at radius 1 is 0.918 bits per heavy atom. The van der Waals surface area contributed by atoms with Gasteiger partial charge in [0.2, 0.25) is 0 Å². The Bertz CT molecular complexity index is 1810. The number of methoxy groups -OCH3 is 1. The fourth-order valence-electron chi connectivity index (χ4n) is 5.19. The van der Waals surface area contributed by atoms with Crippen LogP contribution in [-0.2, 0) is 30.4 Å². The molecule has 0 aliphatic carbocycles. The molecule has 0 radical (unpaired) electrons. The molecule has 0 unspecified atom stereocenters. The second-order valence-corrected chi connectivity index (χ2v) is 11.9. The van der Waals surface area contributed by atoms with Crippen molar-refractivity contribution in [2.75, 3.05) is 24.4 Å². The van der Waals surface area contributed by atoms with E-state index in [0.29, 0.717) is 34.9 Å². The van der Waals surface area contributed by atoms with Gasteiger partial charge in [0.15, 0.2) is 5.75 Å². The summed E-state index contributed by atoms with van der Waals surface area (Å²) in [6.45, 7) is 8.49. The number of aryl methyl sites for hydroxylation is 1. The monoisotopic (exact) mass is 680 g/mol. The fourth-order valence-corrected chi connectivity index (χ4v) is 5.19. The highest BCUT2D eigenvalue weighted by molar-refractivity contribution is 6.00. The summed E-state index contributed by atoms with van der Waals surface area (Å²) >= 11 is 0. The molecule has 0 aliphatic rings. The quantitative estimate of drug-likeness (QED) is 0.129. The number of aliphatic carboxylic acids is 1. The topological polar surface area (TPSA) is 132 Å². The summed E-state index contributed by atoms with van der Waals surface area (Å²) < 4.78 is 59.7. The highest BCUT2D eigenvalue weighted by atomic mass is 19.4. The van der Waals surface area contributed by atoms with Crippen molar-refractivity contribution in [1.29, 1.82) is 0 Å². The molecule has 260 valence electrons. The Hall–Kier alpha value is -5.33. The second-order valence-electron chi connectivity index (χ2n) is 11.9. The largest absolute Gasteiger partial charge is 0.497 e. The van der Waals surface area contributed by atoms with Gasteiger partial charge in [-0.05, 0) is 93.1 Å². The van der Waals surface area contributed by atoms with E-state index in [2.05, 4.69) is 20.6 Å². The van der Waals surface area contributed by atoms with Crippen molar-refractivity contribution < 1.29 is 42.1 Å². The molecule has 0 atom stereocenters. The van der Waals surface area contributed by atoms with Crippen LogP contribution in [0.2, 0.25) is 0 Å². The Balaban J connectivity index is 1.51. The van der Waals surface area contributed by atoms with E-state index in [4.69, 9.17) is 14.2 Å². The van der Waals surface area contributed by atoms with Gasteiger partial charge in [-0.25, -0.2) is 14.8 Å². The number of nitrogens with one attached hydrogen (secondary N) is 2. The van der Waals surface area contributed by atoms with Gasteiger partial charge < -0.3 is 24.6 Å². The Morgan fingerprint density at radius 2 is 1.59 bits per heavy atom. The molecule has 3 N–H and O–H groups in total. The van der Waals surface area contributed by atoms with Gasteiger partial charge in [-0.2, -0.15) is 13.2 Å². The normalized spacial score (nSPS) is 11.5. The number of anilines is 2. The van der Waals surface area contributed by atoms with Crippen LogP contribution in [0.1, 0.15) is 55.5 Å². The molecule has 10 nitrogen and oxygen atoms in total. The maximum atomic E-state index is 14.3. The summed E-state index contributed by atoms with van der Waals surface area (Å²) in [6, 6.07) is 12.8. The summed E-state index contributed by atoms with van der Waals surface area (Å²) in [4.78, 5) is 33.5. The summed E-state index contributed by atoms with van der Waals surface area (Å²) in [5.74, 6) is 0.483. The first-order valence-electron chi connectivity index (χ1n) is 15.6. The molecule has 0 aliphatic heterocycles. The Labute approximate surface area is 282 Å². The first kappa shape index (κ1) is 36.5. The Morgan fingerprint density at radius 3 is 2.18 bits per heavy atom. The summed E-state index contributed by atoms with van der Waals surface area (Å²) in [6.07, 6.45) is -2.01. The van der Waals surface area contributed by atoms with Crippen LogP contribution in [0.4, 0.5) is 29.5 Å². The number of carboxylic acid groups (broad SMARTS) is 1. The number of amides is 2. The van der Waals surface area contributed by atoms with Crippen LogP contribution in [-0.4, -0.2) is 40.8 Å². The van der Waals surface area contributed by atoms with Crippen LogP contribution >= 0.6 is 0 Å². The summed E-state index contributed by atoms with van der Waals surface area (Å²) in [7, 11) is 1.60. The molecule has 13 heteroatoms. The number of hydrogen-bond acceptors (Lipinski definition) is 7. The van der Waals surface area contributed by atoms with Crippen LogP contribution < -0.4 is 24.8 Å². The van der Waals surface area contributed by atoms with Gasteiger partial charge in [0.05, 0.1) is 24.7 Å². The summed E-state index contributed by atoms with van der Waals surface area (Å²) in [5.41, 5.74) is 0.159. The number of ether oxygens (including phenoxy) is 3. The van der Waals surface area contributed by atoms with Crippen molar-refractivity contribution >= 4 is 23.5 Å². The number of carbonyl (C=O) groups excluding carboxylic acids is 1. The van der Waals surface area contributed by atoms with Crippen molar-refractivity contribution in [3.8, 4) is 28.5 Å². The van der Waals surface area contributed by atoms with Crippen molar-refractivity contribution in [3.63, 3.8) is 0 Å². The first-order chi connectivity index (χ1) is 23.2. The maximum Gasteiger partial charge on any atom is 0.417 e. The number of pyridine rings is 2. The van der Waals surface area contributed by atoms with Gasteiger partial charge in [-0.1, -0.05) is 25.1 Å². The lowest BCUT2D eigenvalue weighted by atomic mass is 9.82. The lowest BCUT2D eigenvalue weighted by Gasteiger charge is -2.25. The van der Waals surface area contributed by atoms with E-state index in [9.17, 15) is 27.9 Å². The molecule has 0 saturated carbocycles. The van der Waals surface area contributed by atoms with Gasteiger partial charge in [0, 0.05) is 29.2 Å². The number of aromatic nitrogens is 2. The van der Waals surface area contributed by atoms with Gasteiger partial charge in [-0.3, -0.25) is 10.1 Å². The molecule has 2 aromatic heterocycles. The van der Waals surface area contributed by atoms with Crippen molar-refractivity contribution in [2.45, 2.75) is 60.2 Å².